The van der Waals surface area contributed by atoms with Crippen molar-refractivity contribution in [2.24, 2.45) is 5.73 Å². The largest absolute Gasteiger partial charge is 0.481 e. The summed E-state index contributed by atoms with van der Waals surface area (Å²) >= 11 is 0. The number of carbonyl (C=O) groups is 1. The molecule has 0 aromatic heterocycles. The van der Waals surface area contributed by atoms with Gasteiger partial charge in [-0.2, -0.15) is 0 Å². The minimum Gasteiger partial charge on any atom is -0.481 e. The van der Waals surface area contributed by atoms with E-state index < -0.39 is 6.10 Å². The van der Waals surface area contributed by atoms with Gasteiger partial charge in [-0.1, -0.05) is 31.0 Å². The maximum absolute atomic E-state index is 12.1. The number of amides is 1. The molecule has 2 atom stereocenters. The monoisotopic (exact) mass is 276 g/mol. The average Bonchev–Trinajstić information content (AvgIpc) is 2.91. The molecule has 1 unspecified atom stereocenters. The van der Waals surface area contributed by atoms with Crippen molar-refractivity contribution in [2.45, 2.75) is 57.7 Å². The fraction of sp³-hybridized carbons (Fsp3) is 0.562. The molecule has 1 aliphatic rings. The Labute approximate surface area is 120 Å². The number of hydrogen-bond acceptors (Lipinski definition) is 3. The second-order valence-corrected chi connectivity index (χ2v) is 5.58. The van der Waals surface area contributed by atoms with Gasteiger partial charge in [0.25, 0.3) is 5.91 Å². The molecule has 1 amide bonds. The zero-order chi connectivity index (χ0) is 14.5. The third-order valence-electron chi connectivity index (χ3n) is 3.78. The minimum absolute atomic E-state index is 0.0450. The molecule has 0 saturated heterocycles. The van der Waals surface area contributed by atoms with Crippen molar-refractivity contribution in [1.29, 1.82) is 0 Å². The Bertz CT molecular complexity index is 454. The molecule has 2 rings (SSSR count). The number of benzene rings is 1. The van der Waals surface area contributed by atoms with Gasteiger partial charge in [-0.3, -0.25) is 4.79 Å². The van der Waals surface area contributed by atoms with Crippen LogP contribution in [-0.4, -0.2) is 18.1 Å². The molecule has 1 saturated carbocycles. The summed E-state index contributed by atoms with van der Waals surface area (Å²) in [5.41, 5.74) is 6.84. The predicted octanol–water partition coefficient (Wildman–Crippen LogP) is 2.53. The Morgan fingerprint density at radius 2 is 1.95 bits per heavy atom. The number of hydrogen-bond donors (Lipinski definition) is 2. The highest BCUT2D eigenvalue weighted by Crippen LogP contribution is 2.24. The molecule has 110 valence electrons. The zero-order valence-electron chi connectivity index (χ0n) is 12.3. The van der Waals surface area contributed by atoms with E-state index in [-0.39, 0.29) is 11.9 Å². The van der Waals surface area contributed by atoms with Crippen LogP contribution in [-0.2, 0) is 4.79 Å². The van der Waals surface area contributed by atoms with Gasteiger partial charge in [0.2, 0.25) is 0 Å². The summed E-state index contributed by atoms with van der Waals surface area (Å²) < 4.78 is 5.79. The second kappa shape index (κ2) is 6.75. The van der Waals surface area contributed by atoms with Crippen LogP contribution < -0.4 is 15.8 Å². The third-order valence-corrected chi connectivity index (χ3v) is 3.78. The fourth-order valence-corrected chi connectivity index (χ4v) is 2.60. The van der Waals surface area contributed by atoms with Gasteiger partial charge in [-0.25, -0.2) is 0 Å². The van der Waals surface area contributed by atoms with Crippen molar-refractivity contribution in [2.75, 3.05) is 0 Å². The van der Waals surface area contributed by atoms with Crippen LogP contribution in [0.15, 0.2) is 24.3 Å². The molecule has 3 N–H and O–H groups in total. The van der Waals surface area contributed by atoms with Gasteiger partial charge in [-0.15, -0.1) is 0 Å². The van der Waals surface area contributed by atoms with E-state index in [1.807, 2.05) is 31.2 Å². The third kappa shape index (κ3) is 3.73. The number of ether oxygens (including phenoxy) is 1. The number of para-hydroxylation sites is 1. The highest BCUT2D eigenvalue weighted by molar-refractivity contribution is 5.81. The van der Waals surface area contributed by atoms with E-state index in [0.29, 0.717) is 11.8 Å². The predicted molar refractivity (Wildman–Crippen MR) is 79.5 cm³/mol. The van der Waals surface area contributed by atoms with Gasteiger partial charge in [0, 0.05) is 17.6 Å². The lowest BCUT2D eigenvalue weighted by Gasteiger charge is -2.20. The van der Waals surface area contributed by atoms with Gasteiger partial charge < -0.3 is 15.8 Å². The Kier molecular flexibility index (Phi) is 5.01. The van der Waals surface area contributed by atoms with Crippen molar-refractivity contribution >= 4 is 5.91 Å². The summed E-state index contributed by atoms with van der Waals surface area (Å²) in [5, 5.41) is 3.05. The summed E-state index contributed by atoms with van der Waals surface area (Å²) in [6.45, 7) is 3.69. The lowest BCUT2D eigenvalue weighted by atomic mass is 10.1. The van der Waals surface area contributed by atoms with Crippen LogP contribution in [0.3, 0.4) is 0 Å². The fourth-order valence-electron chi connectivity index (χ4n) is 2.60. The topological polar surface area (TPSA) is 64.3 Å². The number of rotatable bonds is 5. The van der Waals surface area contributed by atoms with Gasteiger partial charge >= 0.3 is 0 Å². The first-order valence-electron chi connectivity index (χ1n) is 7.39. The summed E-state index contributed by atoms with van der Waals surface area (Å²) in [6, 6.07) is 7.81. The van der Waals surface area contributed by atoms with Crippen molar-refractivity contribution in [3.05, 3.63) is 29.8 Å². The van der Waals surface area contributed by atoms with E-state index in [1.54, 1.807) is 6.92 Å². The Balaban J connectivity index is 1.96. The molecular formula is C16H24N2O2. The highest BCUT2D eigenvalue weighted by Gasteiger charge is 2.22. The van der Waals surface area contributed by atoms with Crippen LogP contribution in [0.2, 0.25) is 0 Å². The first-order chi connectivity index (χ1) is 9.58. The lowest BCUT2D eigenvalue weighted by molar-refractivity contribution is -0.128. The van der Waals surface area contributed by atoms with E-state index in [2.05, 4.69) is 5.32 Å². The van der Waals surface area contributed by atoms with Gasteiger partial charge in [0.15, 0.2) is 6.10 Å². The van der Waals surface area contributed by atoms with E-state index in [1.165, 1.54) is 12.8 Å². The average molecular weight is 276 g/mol. The number of carbonyl (C=O) groups excluding carboxylic acids is 1. The van der Waals surface area contributed by atoms with E-state index in [9.17, 15) is 4.79 Å². The van der Waals surface area contributed by atoms with Gasteiger partial charge in [-0.05, 0) is 32.8 Å². The van der Waals surface area contributed by atoms with Crippen LogP contribution in [0, 0.1) is 0 Å². The van der Waals surface area contributed by atoms with Gasteiger partial charge in [0.05, 0.1) is 0 Å². The highest BCUT2D eigenvalue weighted by atomic mass is 16.5. The molecule has 0 bridgehead atoms. The molecule has 1 aliphatic carbocycles. The van der Waals surface area contributed by atoms with Crippen molar-refractivity contribution in [3.8, 4) is 5.75 Å². The van der Waals surface area contributed by atoms with Crippen LogP contribution in [0.5, 0.6) is 5.75 Å². The lowest BCUT2D eigenvalue weighted by Crippen LogP contribution is -2.41. The van der Waals surface area contributed by atoms with Crippen molar-refractivity contribution < 1.29 is 9.53 Å². The Hall–Kier alpha value is -1.55. The molecule has 20 heavy (non-hydrogen) atoms. The van der Waals surface area contributed by atoms with E-state index in [4.69, 9.17) is 10.5 Å². The molecule has 1 aromatic carbocycles. The van der Waals surface area contributed by atoms with Gasteiger partial charge in [0.1, 0.15) is 5.75 Å². The Morgan fingerprint density at radius 1 is 1.30 bits per heavy atom. The first-order valence-corrected chi connectivity index (χ1v) is 7.39. The summed E-state index contributed by atoms with van der Waals surface area (Å²) in [5.74, 6) is 0.646. The zero-order valence-corrected chi connectivity index (χ0v) is 12.3. The molecule has 0 heterocycles. The maximum Gasteiger partial charge on any atom is 0.260 e. The maximum atomic E-state index is 12.1. The van der Waals surface area contributed by atoms with Crippen LogP contribution in [0.4, 0.5) is 0 Å². The molecule has 4 heteroatoms. The SMILES string of the molecule is CC(Oc1ccccc1[C@@H](C)N)C(=O)NC1CCCC1. The summed E-state index contributed by atoms with van der Waals surface area (Å²) in [7, 11) is 0. The number of nitrogens with two attached hydrogens (primary N) is 1. The first kappa shape index (κ1) is 14.9. The molecule has 1 aromatic rings. The molecule has 0 aliphatic heterocycles. The quantitative estimate of drug-likeness (QED) is 0.868. The van der Waals surface area contributed by atoms with E-state index >= 15 is 0 Å². The standard InChI is InChI=1S/C16H24N2O2/c1-11(17)14-9-5-6-10-15(14)20-12(2)16(19)18-13-7-3-4-8-13/h5-6,9-13H,3-4,7-8,17H2,1-2H3,(H,18,19)/t11-,12?/m1/s1. The Morgan fingerprint density at radius 3 is 2.60 bits per heavy atom. The molecular weight excluding hydrogens is 252 g/mol. The summed E-state index contributed by atoms with van der Waals surface area (Å²) in [6.07, 6.45) is 4.06. The van der Waals surface area contributed by atoms with E-state index in [0.717, 1.165) is 18.4 Å². The van der Waals surface area contributed by atoms with Crippen molar-refractivity contribution in [1.82, 2.24) is 5.32 Å². The molecule has 0 radical (unpaired) electrons. The number of nitrogens with one attached hydrogen (secondary N) is 1. The van der Waals surface area contributed by atoms with Crippen molar-refractivity contribution in [3.63, 3.8) is 0 Å². The molecule has 1 fully saturated rings. The summed E-state index contributed by atoms with van der Waals surface area (Å²) in [4.78, 5) is 12.1. The second-order valence-electron chi connectivity index (χ2n) is 5.58. The minimum atomic E-state index is -0.504. The van der Waals surface area contributed by atoms with Crippen LogP contribution in [0.25, 0.3) is 0 Å². The molecule has 0 spiro atoms. The smallest absolute Gasteiger partial charge is 0.260 e. The van der Waals surface area contributed by atoms with Crippen LogP contribution >= 0.6 is 0 Å². The normalized spacial score (nSPS) is 18.6. The molecule has 4 nitrogen and oxygen atoms in total. The van der Waals surface area contributed by atoms with Crippen LogP contribution in [0.1, 0.15) is 51.1 Å².